The average molecular weight is 239 g/mol. The first kappa shape index (κ1) is 11.8. The van der Waals surface area contributed by atoms with Gasteiger partial charge < -0.3 is 11.5 Å². The molecule has 4 N–H and O–H groups in total. The molecule has 0 atom stereocenters. The highest BCUT2D eigenvalue weighted by Gasteiger charge is 2.19. The molecule has 2 rings (SSSR count). The molecular formula is C14H10FN3. The maximum Gasteiger partial charge on any atom is 0.155 e. The van der Waals surface area contributed by atoms with Crippen LogP contribution in [0.5, 0.6) is 0 Å². The maximum absolute atomic E-state index is 14.2. The molecule has 18 heavy (non-hydrogen) atoms. The second-order valence-electron chi connectivity index (χ2n) is 3.85. The fraction of sp³-hybridized carbons (Fsp3) is 0.0714. The van der Waals surface area contributed by atoms with Crippen LogP contribution >= 0.6 is 0 Å². The SMILES string of the molecule is Cc1c(N)c(C#N)c(N)c(F)c1-c1cc#ccc1. The maximum atomic E-state index is 14.2. The Bertz CT molecular complexity index is 613. The molecule has 2 aromatic carbocycles. The van der Waals surface area contributed by atoms with Crippen LogP contribution in [0, 0.1) is 36.2 Å². The Morgan fingerprint density at radius 1 is 1.28 bits per heavy atom. The lowest BCUT2D eigenvalue weighted by Gasteiger charge is -2.13. The molecule has 4 heteroatoms. The van der Waals surface area contributed by atoms with Crippen molar-refractivity contribution in [3.8, 4) is 17.2 Å². The van der Waals surface area contributed by atoms with Gasteiger partial charge in [0, 0.05) is 5.56 Å². The lowest BCUT2D eigenvalue weighted by atomic mass is 9.95. The molecule has 0 amide bonds. The van der Waals surface area contributed by atoms with E-state index < -0.39 is 5.82 Å². The zero-order valence-corrected chi connectivity index (χ0v) is 9.71. The van der Waals surface area contributed by atoms with Gasteiger partial charge in [0.2, 0.25) is 0 Å². The van der Waals surface area contributed by atoms with Crippen LogP contribution in [0.3, 0.4) is 0 Å². The van der Waals surface area contributed by atoms with Crippen LogP contribution in [-0.4, -0.2) is 0 Å². The minimum absolute atomic E-state index is 0.0137. The Kier molecular flexibility index (Phi) is 2.79. The molecule has 0 fully saturated rings. The quantitative estimate of drug-likeness (QED) is 0.750. The highest BCUT2D eigenvalue weighted by molar-refractivity contribution is 5.83. The summed E-state index contributed by atoms with van der Waals surface area (Å²) in [5.74, 6) is -0.627. The Hall–Kier alpha value is -2.72. The van der Waals surface area contributed by atoms with Crippen LogP contribution in [0.15, 0.2) is 18.2 Å². The van der Waals surface area contributed by atoms with Gasteiger partial charge in [-0.2, -0.15) is 5.26 Å². The fourth-order valence-corrected chi connectivity index (χ4v) is 1.84. The number of hydrogen-bond acceptors (Lipinski definition) is 3. The Morgan fingerprint density at radius 2 is 2.00 bits per heavy atom. The van der Waals surface area contributed by atoms with E-state index in [2.05, 4.69) is 12.1 Å². The zero-order chi connectivity index (χ0) is 13.3. The smallest absolute Gasteiger partial charge is 0.155 e. The number of nitriles is 1. The molecule has 0 bridgehead atoms. The Morgan fingerprint density at radius 3 is 2.56 bits per heavy atom. The number of benzene rings is 1. The van der Waals surface area contributed by atoms with E-state index in [9.17, 15) is 4.39 Å². The van der Waals surface area contributed by atoms with E-state index in [0.717, 1.165) is 0 Å². The topological polar surface area (TPSA) is 75.8 Å². The van der Waals surface area contributed by atoms with Crippen LogP contribution < -0.4 is 11.5 Å². The van der Waals surface area contributed by atoms with Crippen molar-refractivity contribution in [1.29, 1.82) is 5.26 Å². The Labute approximate surface area is 104 Å². The monoisotopic (exact) mass is 239 g/mol. The van der Waals surface area contributed by atoms with Crippen molar-refractivity contribution >= 4 is 11.4 Å². The second kappa shape index (κ2) is 4.27. The van der Waals surface area contributed by atoms with Gasteiger partial charge in [0.15, 0.2) is 5.82 Å². The summed E-state index contributed by atoms with van der Waals surface area (Å²) in [5.41, 5.74) is 12.8. The van der Waals surface area contributed by atoms with Crippen LogP contribution in [-0.2, 0) is 0 Å². The van der Waals surface area contributed by atoms with Gasteiger partial charge in [0.1, 0.15) is 11.6 Å². The van der Waals surface area contributed by atoms with Crippen molar-refractivity contribution in [3.05, 3.63) is 47.3 Å². The molecule has 0 aliphatic rings. The molecule has 88 valence electrons. The van der Waals surface area contributed by atoms with E-state index in [1.807, 2.05) is 6.07 Å². The molecule has 0 radical (unpaired) electrons. The molecule has 3 nitrogen and oxygen atoms in total. The van der Waals surface area contributed by atoms with Gasteiger partial charge in [-0.25, -0.2) is 4.39 Å². The van der Waals surface area contributed by atoms with Gasteiger partial charge >= 0.3 is 0 Å². The molecule has 0 aliphatic carbocycles. The van der Waals surface area contributed by atoms with Gasteiger partial charge in [0.25, 0.3) is 0 Å². The summed E-state index contributed by atoms with van der Waals surface area (Å²) in [6, 6.07) is 12.2. The molecule has 0 saturated carbocycles. The predicted molar refractivity (Wildman–Crippen MR) is 67.8 cm³/mol. The first-order chi connectivity index (χ1) is 8.57. The fourth-order valence-electron chi connectivity index (χ4n) is 1.84. The standard InChI is InChI=1S/C14H10FN3/c1-8-11(9-5-3-2-4-6-9)12(15)14(18)10(7-16)13(8)17/h3,5-6H,17-18H2,1H3. The highest BCUT2D eigenvalue weighted by atomic mass is 19.1. The van der Waals surface area contributed by atoms with Crippen molar-refractivity contribution in [2.24, 2.45) is 0 Å². The number of nitrogens with two attached hydrogens (primary N) is 2. The molecule has 0 aliphatic heterocycles. The molecule has 0 spiro atoms. The van der Waals surface area contributed by atoms with E-state index in [1.54, 1.807) is 25.1 Å². The molecule has 0 unspecified atom stereocenters. The third kappa shape index (κ3) is 1.61. The number of anilines is 2. The predicted octanol–water partition coefficient (Wildman–Crippen LogP) is 2.44. The molecule has 0 heterocycles. The average Bonchev–Trinajstić information content (AvgIpc) is 2.39. The minimum atomic E-state index is -0.627. The summed E-state index contributed by atoms with van der Waals surface area (Å²) >= 11 is 0. The lowest BCUT2D eigenvalue weighted by Crippen LogP contribution is -2.05. The van der Waals surface area contributed by atoms with E-state index in [-0.39, 0.29) is 16.9 Å². The Balaban J connectivity index is 2.83. The third-order valence-electron chi connectivity index (χ3n) is 2.83. The number of hydrogen-bond donors (Lipinski definition) is 2. The van der Waals surface area contributed by atoms with Crippen LogP contribution in [0.2, 0.25) is 0 Å². The first-order valence-electron chi connectivity index (χ1n) is 5.23. The summed E-state index contributed by atoms with van der Waals surface area (Å²) in [4.78, 5) is 0. The van der Waals surface area contributed by atoms with Crippen LogP contribution in [0.25, 0.3) is 11.1 Å². The zero-order valence-electron chi connectivity index (χ0n) is 9.71. The lowest BCUT2D eigenvalue weighted by molar-refractivity contribution is 0.635. The molecule has 0 aromatic heterocycles. The number of rotatable bonds is 1. The first-order valence-corrected chi connectivity index (χ1v) is 5.23. The summed E-state index contributed by atoms with van der Waals surface area (Å²) < 4.78 is 14.2. The van der Waals surface area contributed by atoms with E-state index >= 15 is 0 Å². The van der Waals surface area contributed by atoms with Gasteiger partial charge in [-0.1, -0.05) is 12.1 Å². The minimum Gasteiger partial charge on any atom is -0.397 e. The largest absolute Gasteiger partial charge is 0.397 e. The van der Waals surface area contributed by atoms with E-state index in [1.165, 1.54) is 0 Å². The number of nitrogen functional groups attached to an aromatic ring is 2. The van der Waals surface area contributed by atoms with Gasteiger partial charge in [-0.05, 0) is 36.2 Å². The van der Waals surface area contributed by atoms with E-state index in [4.69, 9.17) is 16.7 Å². The van der Waals surface area contributed by atoms with E-state index in [0.29, 0.717) is 16.7 Å². The third-order valence-corrected chi connectivity index (χ3v) is 2.83. The molecular weight excluding hydrogens is 229 g/mol. The van der Waals surface area contributed by atoms with Crippen molar-refractivity contribution in [1.82, 2.24) is 0 Å². The van der Waals surface area contributed by atoms with Crippen molar-refractivity contribution in [2.45, 2.75) is 6.92 Å². The van der Waals surface area contributed by atoms with Crippen molar-refractivity contribution in [2.75, 3.05) is 11.5 Å². The summed E-state index contributed by atoms with van der Waals surface area (Å²) in [7, 11) is 0. The summed E-state index contributed by atoms with van der Waals surface area (Å²) in [6.45, 7) is 1.66. The number of halogens is 1. The summed E-state index contributed by atoms with van der Waals surface area (Å²) in [5, 5.41) is 8.92. The molecule has 2 aromatic rings. The normalized spacial score (nSPS) is 9.61. The molecule has 0 saturated heterocycles. The summed E-state index contributed by atoms with van der Waals surface area (Å²) in [6.07, 6.45) is 0. The van der Waals surface area contributed by atoms with Crippen LogP contribution in [0.1, 0.15) is 11.1 Å². The second-order valence-corrected chi connectivity index (χ2v) is 3.85. The highest BCUT2D eigenvalue weighted by Crippen LogP contribution is 2.36. The van der Waals surface area contributed by atoms with Gasteiger partial charge in [-0.15, -0.1) is 0 Å². The van der Waals surface area contributed by atoms with Crippen molar-refractivity contribution in [3.63, 3.8) is 0 Å². The number of nitrogens with zero attached hydrogens (tertiary/aromatic N) is 1. The van der Waals surface area contributed by atoms with Crippen molar-refractivity contribution < 1.29 is 4.39 Å². The van der Waals surface area contributed by atoms with Gasteiger partial charge in [0.05, 0.1) is 11.4 Å². The van der Waals surface area contributed by atoms with Gasteiger partial charge in [-0.3, -0.25) is 0 Å². The van der Waals surface area contributed by atoms with Crippen LogP contribution in [0.4, 0.5) is 15.8 Å².